The van der Waals surface area contributed by atoms with Crippen LogP contribution < -0.4 is 0 Å². The first-order chi connectivity index (χ1) is 26.6. The quantitative estimate of drug-likeness (QED) is 0.107. The van der Waals surface area contributed by atoms with E-state index in [0.29, 0.717) is 39.5 Å². The molecule has 0 aliphatic carbocycles. The van der Waals surface area contributed by atoms with Crippen molar-refractivity contribution < 1.29 is 28.8 Å². The standard InChI is InChI=1S/C48H48O6/c1-35-22-25-41(29-42(35)28-36-23-26-43(49)27-24-36)45-47(52-32-39-18-10-4-11-19-39)48(53-33-40-20-12-5-13-21-40)46(51-31-38-16-8-3-9-17-38)44(54-45)34-50-30-37-14-6-2-7-15-37/h2-27,29,44-49H,28,30-34H2,1H3/t44?,45-,46+,47-,48-/m0/s1. The van der Waals surface area contributed by atoms with Crippen LogP contribution in [0.5, 0.6) is 5.75 Å². The lowest BCUT2D eigenvalue weighted by atomic mass is 9.88. The van der Waals surface area contributed by atoms with Gasteiger partial charge in [-0.15, -0.1) is 0 Å². The molecule has 276 valence electrons. The van der Waals surface area contributed by atoms with Crippen LogP contribution in [0.15, 0.2) is 164 Å². The normalized spacial score (nSPS) is 19.8. The third-order valence-corrected chi connectivity index (χ3v) is 9.92. The van der Waals surface area contributed by atoms with E-state index in [-0.39, 0.29) is 5.75 Å². The number of ether oxygens (including phenoxy) is 5. The lowest BCUT2D eigenvalue weighted by Crippen LogP contribution is -2.58. The van der Waals surface area contributed by atoms with E-state index in [1.165, 1.54) is 11.1 Å². The molecule has 0 amide bonds. The van der Waals surface area contributed by atoms with E-state index in [0.717, 1.165) is 33.4 Å². The van der Waals surface area contributed by atoms with Gasteiger partial charge in [-0.2, -0.15) is 0 Å². The summed E-state index contributed by atoms with van der Waals surface area (Å²) in [6.07, 6.45) is -1.79. The molecule has 6 aromatic rings. The van der Waals surface area contributed by atoms with Crippen molar-refractivity contribution in [2.24, 2.45) is 0 Å². The van der Waals surface area contributed by atoms with Crippen molar-refractivity contribution in [2.45, 2.75) is 70.3 Å². The van der Waals surface area contributed by atoms with Crippen LogP contribution in [0, 0.1) is 6.92 Å². The van der Waals surface area contributed by atoms with Crippen molar-refractivity contribution in [3.05, 3.63) is 208 Å². The van der Waals surface area contributed by atoms with E-state index in [9.17, 15) is 5.11 Å². The molecule has 0 saturated carbocycles. The molecule has 54 heavy (non-hydrogen) atoms. The molecule has 0 spiro atoms. The predicted molar refractivity (Wildman–Crippen MR) is 211 cm³/mol. The minimum absolute atomic E-state index is 0.254. The molecular weight excluding hydrogens is 673 g/mol. The van der Waals surface area contributed by atoms with Gasteiger partial charge >= 0.3 is 0 Å². The molecule has 6 heteroatoms. The second kappa shape index (κ2) is 18.8. The summed E-state index contributed by atoms with van der Waals surface area (Å²) < 4.78 is 34.3. The summed E-state index contributed by atoms with van der Waals surface area (Å²) in [6.45, 7) is 4.02. The highest BCUT2D eigenvalue weighted by atomic mass is 16.6. The van der Waals surface area contributed by atoms with Gasteiger partial charge in [0.25, 0.3) is 0 Å². The summed E-state index contributed by atoms with van der Waals surface area (Å²) in [4.78, 5) is 0. The van der Waals surface area contributed by atoms with Gasteiger partial charge in [-0.25, -0.2) is 0 Å². The number of hydrogen-bond donors (Lipinski definition) is 1. The van der Waals surface area contributed by atoms with Crippen molar-refractivity contribution >= 4 is 0 Å². The maximum atomic E-state index is 9.91. The van der Waals surface area contributed by atoms with Gasteiger partial charge in [0, 0.05) is 0 Å². The summed E-state index contributed by atoms with van der Waals surface area (Å²) >= 11 is 0. The van der Waals surface area contributed by atoms with Crippen molar-refractivity contribution in [3.8, 4) is 5.75 Å². The van der Waals surface area contributed by atoms with E-state index in [2.05, 4.69) is 73.7 Å². The maximum Gasteiger partial charge on any atom is 0.117 e. The molecule has 6 aromatic carbocycles. The Hall–Kier alpha value is -5.08. The Balaban J connectivity index is 1.26. The van der Waals surface area contributed by atoms with Gasteiger partial charge in [0.1, 0.15) is 36.3 Å². The van der Waals surface area contributed by atoms with E-state index in [1.807, 2.05) is 84.9 Å². The minimum Gasteiger partial charge on any atom is -0.508 e. The molecule has 1 N–H and O–H groups in total. The molecule has 0 aromatic heterocycles. The molecule has 5 atom stereocenters. The van der Waals surface area contributed by atoms with E-state index in [4.69, 9.17) is 23.7 Å². The molecule has 1 saturated heterocycles. The van der Waals surface area contributed by atoms with Crippen LogP contribution in [0.4, 0.5) is 0 Å². The molecule has 1 aliphatic heterocycles. The zero-order valence-corrected chi connectivity index (χ0v) is 30.7. The smallest absolute Gasteiger partial charge is 0.117 e. The summed E-state index contributed by atoms with van der Waals surface area (Å²) in [7, 11) is 0. The van der Waals surface area contributed by atoms with E-state index in [1.54, 1.807) is 12.1 Å². The topological polar surface area (TPSA) is 66.4 Å². The summed E-state index contributed by atoms with van der Waals surface area (Å²) in [5, 5.41) is 9.91. The van der Waals surface area contributed by atoms with Crippen molar-refractivity contribution in [1.29, 1.82) is 0 Å². The van der Waals surface area contributed by atoms with Gasteiger partial charge in [0.15, 0.2) is 0 Å². The Morgan fingerprint density at radius 2 is 0.981 bits per heavy atom. The molecule has 0 bridgehead atoms. The molecular formula is C48H48O6. The van der Waals surface area contributed by atoms with Crippen LogP contribution in [0.25, 0.3) is 0 Å². The zero-order chi connectivity index (χ0) is 37.0. The molecule has 7 rings (SSSR count). The Bertz CT molecular complexity index is 1990. The van der Waals surface area contributed by atoms with Crippen LogP contribution >= 0.6 is 0 Å². The fourth-order valence-corrected chi connectivity index (χ4v) is 6.95. The number of rotatable bonds is 16. The number of hydrogen-bond acceptors (Lipinski definition) is 6. The van der Waals surface area contributed by atoms with Crippen LogP contribution in [-0.4, -0.2) is 36.1 Å². The number of phenols is 1. The first kappa shape index (κ1) is 37.2. The minimum atomic E-state index is -0.524. The Morgan fingerprint density at radius 1 is 0.500 bits per heavy atom. The van der Waals surface area contributed by atoms with Gasteiger partial charge < -0.3 is 28.8 Å². The lowest BCUT2D eigenvalue weighted by molar-refractivity contribution is -0.275. The number of aryl methyl sites for hydroxylation is 1. The van der Waals surface area contributed by atoms with E-state index >= 15 is 0 Å². The molecule has 6 nitrogen and oxygen atoms in total. The number of aromatic hydroxyl groups is 1. The van der Waals surface area contributed by atoms with Gasteiger partial charge in [-0.3, -0.25) is 0 Å². The summed E-state index contributed by atoms with van der Waals surface area (Å²) in [6, 6.07) is 54.7. The van der Waals surface area contributed by atoms with Gasteiger partial charge in [-0.05, 0) is 70.0 Å². The molecule has 0 radical (unpaired) electrons. The monoisotopic (exact) mass is 720 g/mol. The zero-order valence-electron chi connectivity index (χ0n) is 30.7. The highest BCUT2D eigenvalue weighted by Crippen LogP contribution is 2.39. The van der Waals surface area contributed by atoms with Crippen LogP contribution in [0.1, 0.15) is 50.6 Å². The Morgan fingerprint density at radius 3 is 1.52 bits per heavy atom. The Kier molecular flexibility index (Phi) is 13.0. The SMILES string of the molecule is Cc1ccc([C@@H]2OC(COCc3ccccc3)[C@@H](OCc3ccccc3)[C@H](OCc3ccccc3)[C@H]2OCc2ccccc2)cc1Cc1ccc(O)cc1. The summed E-state index contributed by atoms with van der Waals surface area (Å²) in [5.41, 5.74) is 8.72. The van der Waals surface area contributed by atoms with Crippen molar-refractivity contribution in [2.75, 3.05) is 6.61 Å². The second-order valence-corrected chi connectivity index (χ2v) is 13.9. The fourth-order valence-electron chi connectivity index (χ4n) is 6.95. The molecule has 1 aliphatic rings. The van der Waals surface area contributed by atoms with Crippen LogP contribution in [0.3, 0.4) is 0 Å². The number of phenolic OH excluding ortho intramolecular Hbond substituents is 1. The van der Waals surface area contributed by atoms with Crippen molar-refractivity contribution in [3.63, 3.8) is 0 Å². The van der Waals surface area contributed by atoms with Gasteiger partial charge in [0.05, 0.1) is 33.0 Å². The van der Waals surface area contributed by atoms with Crippen molar-refractivity contribution in [1.82, 2.24) is 0 Å². The summed E-state index contributed by atoms with van der Waals surface area (Å²) in [5.74, 6) is 0.254. The first-order valence-corrected chi connectivity index (χ1v) is 18.7. The maximum absolute atomic E-state index is 9.91. The second-order valence-electron chi connectivity index (χ2n) is 13.9. The number of benzene rings is 6. The largest absolute Gasteiger partial charge is 0.508 e. The van der Waals surface area contributed by atoms with Gasteiger partial charge in [0.2, 0.25) is 0 Å². The highest BCUT2D eigenvalue weighted by Gasteiger charge is 2.49. The average molecular weight is 721 g/mol. The molecule has 1 fully saturated rings. The average Bonchev–Trinajstić information content (AvgIpc) is 3.22. The molecule has 1 unspecified atom stereocenters. The van der Waals surface area contributed by atoms with E-state index < -0.39 is 30.5 Å². The lowest BCUT2D eigenvalue weighted by Gasteiger charge is -2.46. The van der Waals surface area contributed by atoms with Crippen LogP contribution in [-0.2, 0) is 56.5 Å². The van der Waals surface area contributed by atoms with Crippen LogP contribution in [0.2, 0.25) is 0 Å². The van der Waals surface area contributed by atoms with Gasteiger partial charge in [-0.1, -0.05) is 152 Å². The predicted octanol–water partition coefficient (Wildman–Crippen LogP) is 9.70. The Labute approximate surface area is 318 Å². The molecule has 1 heterocycles. The first-order valence-electron chi connectivity index (χ1n) is 18.7. The third-order valence-electron chi connectivity index (χ3n) is 9.92. The third kappa shape index (κ3) is 10.1. The fraction of sp³-hybridized carbons (Fsp3) is 0.250. The highest BCUT2D eigenvalue weighted by molar-refractivity contribution is 5.38.